The number of nitrogens with one attached hydrogen (secondary N) is 1. The van der Waals surface area contributed by atoms with Crippen LogP contribution < -0.4 is 11.1 Å². The van der Waals surface area contributed by atoms with E-state index >= 15 is 0 Å². The summed E-state index contributed by atoms with van der Waals surface area (Å²) in [5, 5.41) is 3.30. The zero-order valence-corrected chi connectivity index (χ0v) is 12.3. The van der Waals surface area contributed by atoms with Gasteiger partial charge in [-0.25, -0.2) is 0 Å². The van der Waals surface area contributed by atoms with Gasteiger partial charge in [-0.1, -0.05) is 24.9 Å². The highest BCUT2D eigenvalue weighted by Crippen LogP contribution is 2.29. The van der Waals surface area contributed by atoms with Gasteiger partial charge in [0, 0.05) is 11.4 Å². The van der Waals surface area contributed by atoms with E-state index in [1.807, 2.05) is 13.0 Å². The average Bonchev–Trinajstić information content (AvgIpc) is 2.34. The van der Waals surface area contributed by atoms with Gasteiger partial charge >= 0.3 is 0 Å². The van der Waals surface area contributed by atoms with E-state index in [1.165, 1.54) is 11.8 Å². The highest BCUT2D eigenvalue weighted by molar-refractivity contribution is 8.00. The standard InChI is InChI=1S/C13H19ClN2OS/c1-3-4-7-16-13(17)9(2)18-10-5-6-12(15)11(14)8-10/h5-6,8-9H,3-4,7,15H2,1-2H3,(H,16,17). The minimum absolute atomic E-state index is 0.0568. The van der Waals surface area contributed by atoms with Gasteiger partial charge in [-0.05, 0) is 31.5 Å². The van der Waals surface area contributed by atoms with Gasteiger partial charge in [-0.3, -0.25) is 4.79 Å². The number of thioether (sulfide) groups is 1. The lowest BCUT2D eigenvalue weighted by molar-refractivity contribution is -0.120. The van der Waals surface area contributed by atoms with Crippen molar-refractivity contribution in [2.45, 2.75) is 36.8 Å². The van der Waals surface area contributed by atoms with Crippen molar-refractivity contribution in [3.05, 3.63) is 23.2 Å². The Morgan fingerprint density at radius 1 is 1.56 bits per heavy atom. The van der Waals surface area contributed by atoms with E-state index in [9.17, 15) is 4.79 Å². The smallest absolute Gasteiger partial charge is 0.233 e. The van der Waals surface area contributed by atoms with Gasteiger partial charge in [0.15, 0.2) is 0 Å². The molecule has 1 rings (SSSR count). The summed E-state index contributed by atoms with van der Waals surface area (Å²) in [5.41, 5.74) is 6.20. The Kier molecular flexibility index (Phi) is 6.36. The maximum absolute atomic E-state index is 11.8. The van der Waals surface area contributed by atoms with Crippen molar-refractivity contribution >= 4 is 35.0 Å². The van der Waals surface area contributed by atoms with Gasteiger partial charge < -0.3 is 11.1 Å². The first-order valence-corrected chi connectivity index (χ1v) is 7.29. The van der Waals surface area contributed by atoms with Crippen LogP contribution in [-0.2, 0) is 4.79 Å². The second-order valence-electron chi connectivity index (χ2n) is 4.09. The molecule has 0 fully saturated rings. The number of benzene rings is 1. The average molecular weight is 287 g/mol. The third kappa shape index (κ3) is 4.78. The Bertz CT molecular complexity index is 412. The summed E-state index contributed by atoms with van der Waals surface area (Å²) in [6.45, 7) is 4.72. The number of unbranched alkanes of at least 4 members (excludes halogenated alkanes) is 1. The molecule has 0 aromatic heterocycles. The fourth-order valence-corrected chi connectivity index (χ4v) is 2.55. The maximum atomic E-state index is 11.8. The molecule has 1 aromatic carbocycles. The summed E-state index contributed by atoms with van der Waals surface area (Å²) in [4.78, 5) is 12.7. The number of hydrogen-bond acceptors (Lipinski definition) is 3. The van der Waals surface area contributed by atoms with Crippen LogP contribution in [0.15, 0.2) is 23.1 Å². The predicted octanol–water partition coefficient (Wildman–Crippen LogP) is 3.32. The molecule has 0 aliphatic heterocycles. The zero-order valence-electron chi connectivity index (χ0n) is 10.7. The lowest BCUT2D eigenvalue weighted by atomic mass is 10.3. The van der Waals surface area contributed by atoms with E-state index in [1.54, 1.807) is 12.1 Å². The summed E-state index contributed by atoms with van der Waals surface area (Å²) in [7, 11) is 0. The van der Waals surface area contributed by atoms with E-state index in [4.69, 9.17) is 17.3 Å². The highest BCUT2D eigenvalue weighted by Gasteiger charge is 2.14. The third-order valence-electron chi connectivity index (χ3n) is 2.48. The second-order valence-corrected chi connectivity index (χ2v) is 5.91. The molecular formula is C13H19ClN2OS. The zero-order chi connectivity index (χ0) is 13.5. The Labute approximate surface area is 117 Å². The van der Waals surface area contributed by atoms with Crippen LogP contribution in [0.25, 0.3) is 0 Å². The first-order chi connectivity index (χ1) is 8.54. The molecule has 18 heavy (non-hydrogen) atoms. The molecule has 0 radical (unpaired) electrons. The molecule has 0 heterocycles. The first kappa shape index (κ1) is 15.2. The number of anilines is 1. The van der Waals surface area contributed by atoms with Crippen LogP contribution in [0.2, 0.25) is 5.02 Å². The number of carbonyl (C=O) groups is 1. The number of nitrogen functional groups attached to an aromatic ring is 1. The Balaban J connectivity index is 2.50. The minimum atomic E-state index is -0.137. The van der Waals surface area contributed by atoms with Crippen LogP contribution in [-0.4, -0.2) is 17.7 Å². The fourth-order valence-electron chi connectivity index (χ4n) is 1.37. The molecule has 100 valence electrons. The molecule has 5 heteroatoms. The van der Waals surface area contributed by atoms with E-state index in [0.717, 1.165) is 24.3 Å². The molecule has 0 aliphatic rings. The van der Waals surface area contributed by atoms with Gasteiger partial charge in [0.2, 0.25) is 5.91 Å². The number of amides is 1. The summed E-state index contributed by atoms with van der Waals surface area (Å²) in [6.07, 6.45) is 2.09. The largest absolute Gasteiger partial charge is 0.398 e. The molecule has 3 N–H and O–H groups in total. The maximum Gasteiger partial charge on any atom is 0.233 e. The van der Waals surface area contributed by atoms with Crippen LogP contribution >= 0.6 is 23.4 Å². The van der Waals surface area contributed by atoms with E-state index < -0.39 is 0 Å². The third-order valence-corrected chi connectivity index (χ3v) is 3.90. The molecule has 1 atom stereocenters. The molecule has 3 nitrogen and oxygen atoms in total. The normalized spacial score (nSPS) is 12.2. The van der Waals surface area contributed by atoms with Crippen molar-refractivity contribution in [1.29, 1.82) is 0 Å². The molecule has 0 bridgehead atoms. The van der Waals surface area contributed by atoms with Crippen molar-refractivity contribution in [3.63, 3.8) is 0 Å². The van der Waals surface area contributed by atoms with Crippen LogP contribution in [0.3, 0.4) is 0 Å². The number of rotatable bonds is 6. The van der Waals surface area contributed by atoms with Crippen LogP contribution in [0.4, 0.5) is 5.69 Å². The van der Waals surface area contributed by atoms with E-state index in [2.05, 4.69) is 12.2 Å². The lowest BCUT2D eigenvalue weighted by Gasteiger charge is -2.12. The number of hydrogen-bond donors (Lipinski definition) is 2. The van der Waals surface area contributed by atoms with Crippen molar-refractivity contribution in [1.82, 2.24) is 5.32 Å². The van der Waals surface area contributed by atoms with Crippen molar-refractivity contribution in [2.75, 3.05) is 12.3 Å². The van der Waals surface area contributed by atoms with Gasteiger partial charge in [0.05, 0.1) is 16.0 Å². The van der Waals surface area contributed by atoms with Crippen LogP contribution in [0.5, 0.6) is 0 Å². The molecule has 1 amide bonds. The van der Waals surface area contributed by atoms with Gasteiger partial charge in [-0.15, -0.1) is 11.8 Å². The quantitative estimate of drug-likeness (QED) is 0.479. The predicted molar refractivity (Wildman–Crippen MR) is 79.1 cm³/mol. The van der Waals surface area contributed by atoms with E-state index in [-0.39, 0.29) is 11.2 Å². The molecule has 1 unspecified atom stereocenters. The molecule has 0 saturated carbocycles. The Morgan fingerprint density at radius 3 is 2.89 bits per heavy atom. The summed E-state index contributed by atoms with van der Waals surface area (Å²) in [5.74, 6) is 0.0568. The Morgan fingerprint density at radius 2 is 2.28 bits per heavy atom. The monoisotopic (exact) mass is 286 g/mol. The van der Waals surface area contributed by atoms with Crippen LogP contribution in [0, 0.1) is 0 Å². The minimum Gasteiger partial charge on any atom is -0.398 e. The number of nitrogens with two attached hydrogens (primary N) is 1. The molecule has 1 aromatic rings. The molecule has 0 saturated heterocycles. The van der Waals surface area contributed by atoms with Crippen molar-refractivity contribution in [3.8, 4) is 0 Å². The second kappa shape index (κ2) is 7.54. The van der Waals surface area contributed by atoms with Gasteiger partial charge in [-0.2, -0.15) is 0 Å². The molecule has 0 aliphatic carbocycles. The van der Waals surface area contributed by atoms with Crippen molar-refractivity contribution < 1.29 is 4.79 Å². The number of carbonyl (C=O) groups excluding carboxylic acids is 1. The molecule has 0 spiro atoms. The Hall–Kier alpha value is -0.870. The van der Waals surface area contributed by atoms with Crippen LogP contribution in [0.1, 0.15) is 26.7 Å². The topological polar surface area (TPSA) is 55.1 Å². The summed E-state index contributed by atoms with van der Waals surface area (Å²) < 4.78 is 0. The lowest BCUT2D eigenvalue weighted by Crippen LogP contribution is -2.31. The SMILES string of the molecule is CCCCNC(=O)C(C)Sc1ccc(N)c(Cl)c1. The fraction of sp³-hybridized carbons (Fsp3) is 0.462. The summed E-state index contributed by atoms with van der Waals surface area (Å²) >= 11 is 7.42. The van der Waals surface area contributed by atoms with Gasteiger partial charge in [0.1, 0.15) is 0 Å². The summed E-state index contributed by atoms with van der Waals surface area (Å²) in [6, 6.07) is 5.42. The van der Waals surface area contributed by atoms with Crippen molar-refractivity contribution in [2.24, 2.45) is 0 Å². The van der Waals surface area contributed by atoms with Gasteiger partial charge in [0.25, 0.3) is 0 Å². The van der Waals surface area contributed by atoms with E-state index in [0.29, 0.717) is 10.7 Å². The number of halogens is 1. The first-order valence-electron chi connectivity index (χ1n) is 6.04. The molecular weight excluding hydrogens is 268 g/mol. The highest BCUT2D eigenvalue weighted by atomic mass is 35.5.